The molecule has 1 saturated heterocycles. The van der Waals surface area contributed by atoms with Gasteiger partial charge in [0.15, 0.2) is 5.58 Å². The smallest absolute Gasteiger partial charge is 0.408 e. The average Bonchev–Trinajstić information content (AvgIpc) is 2.85. The summed E-state index contributed by atoms with van der Waals surface area (Å²) in [4.78, 5) is 31.4. The van der Waals surface area contributed by atoms with E-state index >= 15 is 0 Å². The molecule has 1 aromatic carbocycles. The largest absolute Gasteiger partial charge is 0.417 e. The summed E-state index contributed by atoms with van der Waals surface area (Å²) < 4.78 is 5.00. The molecular weight excluding hydrogens is 272 g/mol. The number of aromatic amines is 1. The fraction of sp³-hybridized carbons (Fsp3) is 0.429. The molecule has 0 unspecified atom stereocenters. The zero-order chi connectivity index (χ0) is 15.0. The Balaban J connectivity index is 1.73. The van der Waals surface area contributed by atoms with Crippen molar-refractivity contribution in [2.45, 2.75) is 0 Å². The van der Waals surface area contributed by atoms with Crippen molar-refractivity contribution in [1.29, 1.82) is 0 Å². The number of anilines is 1. The van der Waals surface area contributed by atoms with E-state index in [0.717, 1.165) is 18.8 Å². The van der Waals surface area contributed by atoms with E-state index in [1.807, 2.05) is 17.0 Å². The SMILES string of the molecule is CN(C)C(=O)N1CCN(c2ccc3oc(=O)[nH]c3c2)CC1. The number of benzene rings is 1. The highest BCUT2D eigenvalue weighted by molar-refractivity contribution is 5.77. The number of oxazole rings is 1. The molecule has 21 heavy (non-hydrogen) atoms. The molecule has 1 aliphatic rings. The molecule has 1 aromatic heterocycles. The maximum Gasteiger partial charge on any atom is 0.417 e. The van der Waals surface area contributed by atoms with Crippen LogP contribution in [-0.2, 0) is 0 Å². The fourth-order valence-electron chi connectivity index (χ4n) is 2.58. The number of nitrogens with zero attached hydrogens (tertiary/aromatic N) is 3. The third-order valence-corrected chi connectivity index (χ3v) is 3.70. The molecule has 2 aromatic rings. The van der Waals surface area contributed by atoms with Crippen molar-refractivity contribution in [1.82, 2.24) is 14.8 Å². The predicted molar refractivity (Wildman–Crippen MR) is 79.7 cm³/mol. The van der Waals surface area contributed by atoms with Gasteiger partial charge in [-0.05, 0) is 18.2 Å². The number of hydrogen-bond donors (Lipinski definition) is 1. The molecule has 2 heterocycles. The molecule has 0 spiro atoms. The van der Waals surface area contributed by atoms with Gasteiger partial charge in [-0.2, -0.15) is 0 Å². The van der Waals surface area contributed by atoms with Crippen molar-refractivity contribution >= 4 is 22.8 Å². The van der Waals surface area contributed by atoms with Crippen LogP contribution in [0.5, 0.6) is 0 Å². The number of aromatic nitrogens is 1. The lowest BCUT2D eigenvalue weighted by Gasteiger charge is -2.37. The van der Waals surface area contributed by atoms with Gasteiger partial charge in [-0.15, -0.1) is 0 Å². The van der Waals surface area contributed by atoms with Crippen LogP contribution in [0.4, 0.5) is 10.5 Å². The third-order valence-electron chi connectivity index (χ3n) is 3.70. The second-order valence-corrected chi connectivity index (χ2v) is 5.35. The van der Waals surface area contributed by atoms with Crippen LogP contribution in [0.25, 0.3) is 11.1 Å². The number of rotatable bonds is 1. The maximum atomic E-state index is 11.9. The molecule has 0 aliphatic carbocycles. The van der Waals surface area contributed by atoms with E-state index in [9.17, 15) is 9.59 Å². The highest BCUT2D eigenvalue weighted by atomic mass is 16.4. The molecule has 3 rings (SSSR count). The number of carbonyl (C=O) groups is 1. The molecule has 7 nitrogen and oxygen atoms in total. The highest BCUT2D eigenvalue weighted by Crippen LogP contribution is 2.21. The van der Waals surface area contributed by atoms with E-state index in [2.05, 4.69) is 9.88 Å². The summed E-state index contributed by atoms with van der Waals surface area (Å²) in [6, 6.07) is 5.68. The van der Waals surface area contributed by atoms with Gasteiger partial charge in [-0.3, -0.25) is 4.98 Å². The summed E-state index contributed by atoms with van der Waals surface area (Å²) in [5.41, 5.74) is 2.28. The maximum absolute atomic E-state index is 11.9. The lowest BCUT2D eigenvalue weighted by molar-refractivity contribution is 0.168. The molecule has 112 valence electrons. The number of carbonyl (C=O) groups excluding carboxylic acids is 1. The minimum Gasteiger partial charge on any atom is -0.408 e. The highest BCUT2D eigenvalue weighted by Gasteiger charge is 2.22. The minimum atomic E-state index is -0.441. The Morgan fingerprint density at radius 3 is 2.62 bits per heavy atom. The Kier molecular flexibility index (Phi) is 3.32. The van der Waals surface area contributed by atoms with Gasteiger partial charge in [0, 0.05) is 46.0 Å². The Labute approximate surface area is 121 Å². The van der Waals surface area contributed by atoms with Crippen LogP contribution in [0, 0.1) is 0 Å². The van der Waals surface area contributed by atoms with Crippen LogP contribution in [0.1, 0.15) is 0 Å². The first kappa shape index (κ1) is 13.5. The van der Waals surface area contributed by atoms with Crippen LogP contribution in [-0.4, -0.2) is 61.1 Å². The van der Waals surface area contributed by atoms with Crippen LogP contribution in [0.15, 0.2) is 27.4 Å². The first-order valence-corrected chi connectivity index (χ1v) is 6.88. The average molecular weight is 290 g/mol. The normalized spacial score (nSPS) is 15.5. The second-order valence-electron chi connectivity index (χ2n) is 5.35. The first-order chi connectivity index (χ1) is 10.0. The molecular formula is C14H18N4O3. The number of piperazine rings is 1. The number of nitrogens with one attached hydrogen (secondary N) is 1. The van der Waals surface area contributed by atoms with Gasteiger partial charge in [-0.25, -0.2) is 9.59 Å². The Morgan fingerprint density at radius 1 is 1.24 bits per heavy atom. The third kappa shape index (κ3) is 2.58. The molecule has 1 N–H and O–H groups in total. The van der Waals surface area contributed by atoms with Crippen molar-refractivity contribution in [2.75, 3.05) is 45.2 Å². The van der Waals surface area contributed by atoms with Gasteiger partial charge in [0.05, 0.1) is 5.52 Å². The number of amides is 2. The molecule has 0 saturated carbocycles. The Bertz CT molecular complexity index is 710. The van der Waals surface area contributed by atoms with E-state index in [0.29, 0.717) is 24.2 Å². The van der Waals surface area contributed by atoms with E-state index in [1.54, 1.807) is 25.1 Å². The molecule has 7 heteroatoms. The monoisotopic (exact) mass is 290 g/mol. The van der Waals surface area contributed by atoms with Gasteiger partial charge >= 0.3 is 11.8 Å². The quantitative estimate of drug-likeness (QED) is 0.848. The summed E-state index contributed by atoms with van der Waals surface area (Å²) in [5.74, 6) is -0.441. The van der Waals surface area contributed by atoms with Gasteiger partial charge < -0.3 is 19.1 Å². The van der Waals surface area contributed by atoms with E-state index in [-0.39, 0.29) is 6.03 Å². The molecule has 0 radical (unpaired) electrons. The summed E-state index contributed by atoms with van der Waals surface area (Å²) in [7, 11) is 3.52. The topological polar surface area (TPSA) is 72.8 Å². The summed E-state index contributed by atoms with van der Waals surface area (Å²) in [6.07, 6.45) is 0. The predicted octanol–water partition coefficient (Wildman–Crippen LogP) is 0.925. The number of H-pyrrole nitrogens is 1. The molecule has 1 fully saturated rings. The molecule has 2 amide bonds. The Morgan fingerprint density at radius 2 is 1.95 bits per heavy atom. The summed E-state index contributed by atoms with van der Waals surface area (Å²) in [6.45, 7) is 2.92. The number of hydrogen-bond acceptors (Lipinski definition) is 4. The fourth-order valence-corrected chi connectivity index (χ4v) is 2.58. The zero-order valence-corrected chi connectivity index (χ0v) is 12.1. The van der Waals surface area contributed by atoms with Gasteiger partial charge in [0.2, 0.25) is 0 Å². The second kappa shape index (κ2) is 5.16. The lowest BCUT2D eigenvalue weighted by Crippen LogP contribution is -2.51. The molecule has 1 aliphatic heterocycles. The Hall–Kier alpha value is -2.44. The molecule has 0 bridgehead atoms. The van der Waals surface area contributed by atoms with Gasteiger partial charge in [-0.1, -0.05) is 0 Å². The van der Waals surface area contributed by atoms with Gasteiger partial charge in [0.25, 0.3) is 0 Å². The van der Waals surface area contributed by atoms with Gasteiger partial charge in [0.1, 0.15) is 0 Å². The van der Waals surface area contributed by atoms with Crippen molar-refractivity contribution < 1.29 is 9.21 Å². The zero-order valence-electron chi connectivity index (χ0n) is 12.1. The van der Waals surface area contributed by atoms with E-state index in [4.69, 9.17) is 4.42 Å². The van der Waals surface area contributed by atoms with Crippen molar-refractivity contribution in [3.05, 3.63) is 28.7 Å². The van der Waals surface area contributed by atoms with E-state index in [1.165, 1.54) is 0 Å². The van der Waals surface area contributed by atoms with Crippen molar-refractivity contribution in [3.63, 3.8) is 0 Å². The standard InChI is InChI=1S/C14H18N4O3/c1-16(2)14(20)18-7-5-17(6-8-18)10-3-4-12-11(9-10)15-13(19)21-12/h3-4,9H,5-8H2,1-2H3,(H,15,19). The summed E-state index contributed by atoms with van der Waals surface area (Å²) in [5, 5.41) is 0. The van der Waals surface area contributed by atoms with Crippen LogP contribution < -0.4 is 10.7 Å². The van der Waals surface area contributed by atoms with Crippen LogP contribution in [0.3, 0.4) is 0 Å². The number of fused-ring (bicyclic) bond motifs is 1. The lowest BCUT2D eigenvalue weighted by atomic mass is 10.2. The van der Waals surface area contributed by atoms with E-state index < -0.39 is 5.76 Å². The minimum absolute atomic E-state index is 0.0456. The van der Waals surface area contributed by atoms with Crippen molar-refractivity contribution in [2.24, 2.45) is 0 Å². The molecule has 0 atom stereocenters. The van der Waals surface area contributed by atoms with Crippen LogP contribution in [0.2, 0.25) is 0 Å². The summed E-state index contributed by atoms with van der Waals surface area (Å²) >= 11 is 0. The first-order valence-electron chi connectivity index (χ1n) is 6.88. The number of urea groups is 1. The van der Waals surface area contributed by atoms with Crippen molar-refractivity contribution in [3.8, 4) is 0 Å². The van der Waals surface area contributed by atoms with Crippen LogP contribution >= 0.6 is 0 Å².